The number of hydrogen-bond donors (Lipinski definition) is 0. The fourth-order valence-corrected chi connectivity index (χ4v) is 3.61. The summed E-state index contributed by atoms with van der Waals surface area (Å²) < 4.78 is 13.6. The first-order valence-corrected chi connectivity index (χ1v) is 11.5. The van der Waals surface area contributed by atoms with Gasteiger partial charge in [-0.2, -0.15) is 0 Å². The predicted octanol–water partition coefficient (Wildman–Crippen LogP) is 6.24. The third-order valence-electron chi connectivity index (χ3n) is 5.21. The quantitative estimate of drug-likeness (QED) is 0.200. The van der Waals surface area contributed by atoms with Crippen molar-refractivity contribution in [2.24, 2.45) is 0 Å². The van der Waals surface area contributed by atoms with Crippen molar-refractivity contribution in [3.63, 3.8) is 0 Å². The highest BCUT2D eigenvalue weighted by Crippen LogP contribution is 2.35. The third kappa shape index (κ3) is 6.71. The van der Waals surface area contributed by atoms with E-state index in [9.17, 15) is 14.9 Å². The number of fused-ring (bicyclic) bond motifs is 1. The summed E-state index contributed by atoms with van der Waals surface area (Å²) in [5, 5.41) is 12.0. The molecule has 0 saturated carbocycles. The monoisotopic (exact) mass is 432 g/mol. The highest BCUT2D eigenvalue weighted by molar-refractivity contribution is 5.89. The zero-order chi connectivity index (χ0) is 22.8. The number of nitrogens with zero attached hydrogens (tertiary/aromatic N) is 2. The van der Waals surface area contributed by atoms with Crippen molar-refractivity contribution in [1.82, 2.24) is 4.57 Å². The van der Waals surface area contributed by atoms with Crippen LogP contribution in [0.5, 0.6) is 11.5 Å². The highest BCUT2D eigenvalue weighted by Gasteiger charge is 2.22. The predicted molar refractivity (Wildman–Crippen MR) is 124 cm³/mol. The molecule has 0 aliphatic carbocycles. The Labute approximate surface area is 184 Å². The Morgan fingerprint density at radius 1 is 1.00 bits per heavy atom. The third-order valence-corrected chi connectivity index (χ3v) is 5.21. The molecule has 1 aromatic carbocycles. The summed E-state index contributed by atoms with van der Waals surface area (Å²) >= 11 is 0. The van der Waals surface area contributed by atoms with Crippen LogP contribution in [0.3, 0.4) is 0 Å². The van der Waals surface area contributed by atoms with Crippen molar-refractivity contribution in [2.45, 2.75) is 91.7 Å². The summed E-state index contributed by atoms with van der Waals surface area (Å²) in [7, 11) is 0. The van der Waals surface area contributed by atoms with Gasteiger partial charge in [0.2, 0.25) is 5.75 Å². The van der Waals surface area contributed by atoms with Crippen LogP contribution in [0.4, 0.5) is 5.69 Å². The smallest absolute Gasteiger partial charge is 0.297 e. The number of unbranched alkanes of at least 4 members (excludes halogenated alkanes) is 6. The lowest BCUT2D eigenvalue weighted by Gasteiger charge is -2.20. The minimum Gasteiger partial charge on any atom is -0.489 e. The summed E-state index contributed by atoms with van der Waals surface area (Å²) in [6, 6.07) is 4.60. The summed E-state index contributed by atoms with van der Waals surface area (Å²) in [5.41, 5.74) is 0.192. The molecule has 7 nitrogen and oxygen atoms in total. The van der Waals surface area contributed by atoms with Crippen molar-refractivity contribution in [1.29, 1.82) is 0 Å². The van der Waals surface area contributed by atoms with Gasteiger partial charge in [-0.05, 0) is 32.8 Å². The first kappa shape index (κ1) is 24.7. The van der Waals surface area contributed by atoms with Gasteiger partial charge in [0.25, 0.3) is 11.2 Å². The van der Waals surface area contributed by atoms with Crippen LogP contribution in [0, 0.1) is 10.1 Å². The van der Waals surface area contributed by atoms with Gasteiger partial charge >= 0.3 is 0 Å². The van der Waals surface area contributed by atoms with E-state index in [0.717, 1.165) is 51.4 Å². The van der Waals surface area contributed by atoms with E-state index in [1.807, 2.05) is 13.8 Å². The average molecular weight is 433 g/mol. The number of pyridine rings is 1. The number of nitro groups is 1. The molecule has 31 heavy (non-hydrogen) atoms. The zero-order valence-electron chi connectivity index (χ0n) is 19.3. The minimum absolute atomic E-state index is 0.0411. The molecule has 0 aliphatic rings. The van der Waals surface area contributed by atoms with E-state index in [2.05, 4.69) is 13.8 Å². The van der Waals surface area contributed by atoms with Crippen LogP contribution in [0.15, 0.2) is 23.0 Å². The van der Waals surface area contributed by atoms with Gasteiger partial charge < -0.3 is 14.0 Å². The summed E-state index contributed by atoms with van der Waals surface area (Å²) in [6.45, 7) is 8.98. The van der Waals surface area contributed by atoms with E-state index in [-0.39, 0.29) is 23.1 Å². The average Bonchev–Trinajstić information content (AvgIpc) is 2.74. The molecular formula is C24H36N2O5. The molecule has 7 heteroatoms. The Balaban J connectivity index is 2.56. The number of aryl methyl sites for hydroxylation is 1. The van der Waals surface area contributed by atoms with E-state index in [4.69, 9.17) is 9.47 Å². The number of non-ortho nitro benzene ring substituents is 1. The van der Waals surface area contributed by atoms with Crippen LogP contribution in [0.2, 0.25) is 0 Å². The van der Waals surface area contributed by atoms with Crippen molar-refractivity contribution in [2.75, 3.05) is 6.61 Å². The molecule has 0 atom stereocenters. The maximum absolute atomic E-state index is 13.4. The molecule has 1 heterocycles. The van der Waals surface area contributed by atoms with E-state index in [1.165, 1.54) is 12.1 Å². The first-order valence-electron chi connectivity index (χ1n) is 11.5. The van der Waals surface area contributed by atoms with E-state index >= 15 is 0 Å². The second-order valence-electron chi connectivity index (χ2n) is 8.21. The fourth-order valence-electron chi connectivity index (χ4n) is 3.61. The molecule has 0 fully saturated rings. The Kier molecular flexibility index (Phi) is 9.82. The lowest BCUT2D eigenvalue weighted by atomic mass is 10.1. The summed E-state index contributed by atoms with van der Waals surface area (Å²) in [6.07, 6.45) is 7.99. The molecular weight excluding hydrogens is 396 g/mol. The SMILES string of the molecule is CCCCCCOc1c(OC(C)C)c(=O)n(CCCCCC)c2cc([N+](=O)[O-])ccc12. The topological polar surface area (TPSA) is 83.6 Å². The van der Waals surface area contributed by atoms with Crippen molar-refractivity contribution < 1.29 is 14.4 Å². The lowest BCUT2D eigenvalue weighted by molar-refractivity contribution is -0.384. The van der Waals surface area contributed by atoms with Gasteiger partial charge in [0.1, 0.15) is 0 Å². The van der Waals surface area contributed by atoms with Crippen LogP contribution >= 0.6 is 0 Å². The van der Waals surface area contributed by atoms with Crippen molar-refractivity contribution >= 4 is 16.6 Å². The molecule has 0 spiro atoms. The molecule has 0 radical (unpaired) electrons. The van der Waals surface area contributed by atoms with Gasteiger partial charge in [-0.25, -0.2) is 0 Å². The van der Waals surface area contributed by atoms with E-state index in [0.29, 0.717) is 29.8 Å². The molecule has 0 N–H and O–H groups in total. The zero-order valence-corrected chi connectivity index (χ0v) is 19.3. The van der Waals surface area contributed by atoms with Gasteiger partial charge in [0.15, 0.2) is 5.75 Å². The van der Waals surface area contributed by atoms with Crippen LogP contribution < -0.4 is 15.0 Å². The van der Waals surface area contributed by atoms with Gasteiger partial charge in [-0.1, -0.05) is 52.4 Å². The summed E-state index contributed by atoms with van der Waals surface area (Å²) in [5.74, 6) is 0.590. The van der Waals surface area contributed by atoms with Crippen LogP contribution in [0.25, 0.3) is 10.9 Å². The molecule has 0 bridgehead atoms. The number of aromatic nitrogens is 1. The first-order chi connectivity index (χ1) is 14.9. The molecule has 172 valence electrons. The Morgan fingerprint density at radius 3 is 2.29 bits per heavy atom. The van der Waals surface area contributed by atoms with Gasteiger partial charge in [-0.15, -0.1) is 0 Å². The molecule has 1 aromatic heterocycles. The minimum atomic E-state index is -0.435. The van der Waals surface area contributed by atoms with Gasteiger partial charge in [0.05, 0.1) is 23.2 Å². The fraction of sp³-hybridized carbons (Fsp3) is 0.625. The van der Waals surface area contributed by atoms with Crippen molar-refractivity contribution in [3.05, 3.63) is 38.7 Å². The Bertz CT molecular complexity index is 920. The number of nitro benzene ring substituents is 1. The van der Waals surface area contributed by atoms with Gasteiger partial charge in [0, 0.05) is 24.1 Å². The van der Waals surface area contributed by atoms with Crippen LogP contribution in [-0.4, -0.2) is 22.2 Å². The standard InChI is InChI=1S/C24H36N2O5/c1-5-7-9-11-15-25-21-17-19(26(28)29)13-14-20(21)22(30-16-12-10-8-6-2)23(24(25)27)31-18(3)4/h13-14,17-18H,5-12,15-16H2,1-4H3. The maximum atomic E-state index is 13.4. The lowest BCUT2D eigenvalue weighted by Crippen LogP contribution is -2.25. The van der Waals surface area contributed by atoms with Crippen LogP contribution in [-0.2, 0) is 6.54 Å². The van der Waals surface area contributed by atoms with E-state index < -0.39 is 4.92 Å². The normalized spacial score (nSPS) is 11.3. The number of ether oxygens (including phenoxy) is 2. The molecule has 2 rings (SSSR count). The van der Waals surface area contributed by atoms with E-state index in [1.54, 1.807) is 10.6 Å². The largest absolute Gasteiger partial charge is 0.489 e. The molecule has 0 saturated heterocycles. The van der Waals surface area contributed by atoms with Crippen LogP contribution in [0.1, 0.15) is 79.1 Å². The number of benzene rings is 1. The van der Waals surface area contributed by atoms with Gasteiger partial charge in [-0.3, -0.25) is 14.9 Å². The number of hydrogen-bond acceptors (Lipinski definition) is 5. The second kappa shape index (κ2) is 12.3. The molecule has 0 unspecified atom stereocenters. The second-order valence-corrected chi connectivity index (χ2v) is 8.21. The molecule has 0 aliphatic heterocycles. The Hall–Kier alpha value is -2.57. The highest BCUT2D eigenvalue weighted by atomic mass is 16.6. The Morgan fingerprint density at radius 2 is 1.68 bits per heavy atom. The summed E-state index contributed by atoms with van der Waals surface area (Å²) in [4.78, 5) is 24.3. The number of rotatable bonds is 14. The maximum Gasteiger partial charge on any atom is 0.297 e. The molecule has 2 aromatic rings. The van der Waals surface area contributed by atoms with Crippen molar-refractivity contribution in [3.8, 4) is 11.5 Å². The molecule has 0 amide bonds.